The number of aliphatic hydroxyl groups is 1. The van der Waals surface area contributed by atoms with Crippen LogP contribution in [0.1, 0.15) is 64.5 Å². The van der Waals surface area contributed by atoms with Crippen molar-refractivity contribution in [2.24, 2.45) is 10.8 Å². The van der Waals surface area contributed by atoms with E-state index in [1.165, 1.54) is 36.8 Å². The molecule has 4 saturated heterocycles. The van der Waals surface area contributed by atoms with Crippen molar-refractivity contribution in [1.82, 2.24) is 4.81 Å². The smallest absolute Gasteiger partial charge is 0.221 e. The molecule has 0 saturated carbocycles. The summed E-state index contributed by atoms with van der Waals surface area (Å²) in [5.41, 5.74) is 2.64. The van der Waals surface area contributed by atoms with Crippen LogP contribution >= 0.6 is 0 Å². The third kappa shape index (κ3) is 6.83. The molecule has 7 nitrogen and oxygen atoms in total. The van der Waals surface area contributed by atoms with Crippen molar-refractivity contribution < 1.29 is 28.8 Å². The predicted octanol–water partition coefficient (Wildman–Crippen LogP) is 6.43. The van der Waals surface area contributed by atoms with Crippen LogP contribution in [0.2, 0.25) is 13.1 Å². The zero-order valence-corrected chi connectivity index (χ0v) is 28.8. The summed E-state index contributed by atoms with van der Waals surface area (Å²) in [6.45, 7) is 14.8. The number of aliphatic hydroxyl groups excluding tert-OH is 1. The number of rotatable bonds is 2. The molecule has 0 aromatic heterocycles. The van der Waals surface area contributed by atoms with Gasteiger partial charge in [0.1, 0.15) is 0 Å². The monoisotopic (exact) mass is 641 g/mol. The highest BCUT2D eigenvalue weighted by molar-refractivity contribution is 6.56. The van der Waals surface area contributed by atoms with Crippen molar-refractivity contribution in [3.05, 3.63) is 96.1 Å². The van der Waals surface area contributed by atoms with Gasteiger partial charge in [0, 0.05) is 29.7 Å². The summed E-state index contributed by atoms with van der Waals surface area (Å²) in [6.07, 6.45) is 11.8. The Balaban J connectivity index is 0.000000130. The highest BCUT2D eigenvalue weighted by Crippen LogP contribution is 2.51. The normalized spacial score (nSPS) is 28.9. The van der Waals surface area contributed by atoms with Crippen molar-refractivity contribution in [3.63, 3.8) is 0 Å². The number of ketones is 1. The molecule has 252 valence electrons. The summed E-state index contributed by atoms with van der Waals surface area (Å²) in [5, 5.41) is 9.68. The number of fused-ring (bicyclic) bond motifs is 1. The van der Waals surface area contributed by atoms with Crippen molar-refractivity contribution in [3.8, 4) is 0 Å². The van der Waals surface area contributed by atoms with Gasteiger partial charge in [-0.3, -0.25) is 4.79 Å². The highest BCUT2D eigenvalue weighted by Gasteiger charge is 2.55. The first-order valence-corrected chi connectivity index (χ1v) is 17.4. The van der Waals surface area contributed by atoms with E-state index in [9.17, 15) is 9.90 Å². The second-order valence-electron chi connectivity index (χ2n) is 15.4. The lowest BCUT2D eigenvalue weighted by molar-refractivity contribution is -0.156. The lowest BCUT2D eigenvalue weighted by atomic mass is 9.54. The van der Waals surface area contributed by atoms with E-state index in [0.29, 0.717) is 45.7 Å². The van der Waals surface area contributed by atoms with Gasteiger partial charge in [0.15, 0.2) is 17.4 Å². The molecule has 8 rings (SSSR count). The van der Waals surface area contributed by atoms with Crippen molar-refractivity contribution >= 4 is 12.6 Å². The maximum absolute atomic E-state index is 11.5. The van der Waals surface area contributed by atoms with E-state index < -0.39 is 17.7 Å². The minimum Gasteiger partial charge on any atom is -0.388 e. The zero-order valence-electron chi connectivity index (χ0n) is 28.8. The Kier molecular flexibility index (Phi) is 9.76. The van der Waals surface area contributed by atoms with Gasteiger partial charge >= 0.3 is 0 Å². The lowest BCUT2D eigenvalue weighted by Gasteiger charge is -2.39. The van der Waals surface area contributed by atoms with Gasteiger partial charge < -0.3 is 28.9 Å². The van der Waals surface area contributed by atoms with Crippen molar-refractivity contribution in [2.75, 3.05) is 33.0 Å². The summed E-state index contributed by atoms with van der Waals surface area (Å²) in [5.74, 6) is -1.02. The number of allylic oxidation sites excluding steroid dienone is 1. The van der Waals surface area contributed by atoms with E-state index in [2.05, 4.69) is 72.3 Å². The molecule has 2 aromatic rings. The number of hydrogen-bond donors (Lipinski definition) is 1. The third-order valence-electron chi connectivity index (χ3n) is 11.1. The van der Waals surface area contributed by atoms with E-state index in [-0.39, 0.29) is 22.0 Å². The van der Waals surface area contributed by atoms with Crippen LogP contribution < -0.4 is 0 Å². The molecular formula is C39H52BNO6. The molecule has 0 amide bonds. The first-order valence-electron chi connectivity index (χ1n) is 17.4. The fraction of sp³-hybridized carbons (Fsp3) is 0.564. The first-order chi connectivity index (χ1) is 22.4. The van der Waals surface area contributed by atoms with E-state index in [1.807, 2.05) is 33.8 Å². The Morgan fingerprint density at radius 2 is 1.32 bits per heavy atom. The molecule has 0 bridgehead atoms. The van der Waals surface area contributed by atoms with Gasteiger partial charge in [-0.25, -0.2) is 0 Å². The second-order valence-corrected chi connectivity index (χ2v) is 15.4. The molecule has 4 fully saturated rings. The van der Waals surface area contributed by atoms with E-state index in [1.54, 1.807) is 18.2 Å². The number of carbonyl (C=O) groups excluding carboxylic acids is 1. The average molecular weight is 642 g/mol. The summed E-state index contributed by atoms with van der Waals surface area (Å²) in [6, 6.07) is 23.1. The molecule has 6 aliphatic rings. The van der Waals surface area contributed by atoms with Crippen molar-refractivity contribution in [2.45, 2.75) is 95.7 Å². The standard InChI is InChI=1S/C19H22BN.C10H16O3.C10H14O3/c1-20-15-19(16-9-4-2-5-10-16,17-11-6-3-7-12-17)18-13-8-14-21(18)20;2*1-9(2)7-10(4-3-8(9)11)12-5-6-13-10/h2-7,9-12,18H,8,13-15H2,1H3;3-4,8,11H,5-7H2,1-2H3;3-4H,5-7H2,1-2H3/t18-;8-;/m01./s1. The molecule has 47 heavy (non-hydrogen) atoms. The fourth-order valence-corrected chi connectivity index (χ4v) is 8.65. The summed E-state index contributed by atoms with van der Waals surface area (Å²) in [4.78, 5) is 14.2. The molecule has 2 atom stereocenters. The van der Waals surface area contributed by atoms with E-state index in [4.69, 9.17) is 18.9 Å². The van der Waals surface area contributed by atoms with Crippen LogP contribution in [0.5, 0.6) is 0 Å². The molecule has 0 radical (unpaired) electrons. The first kappa shape index (κ1) is 34.3. The largest absolute Gasteiger partial charge is 0.388 e. The molecule has 4 heterocycles. The van der Waals surface area contributed by atoms with Gasteiger partial charge in [0.05, 0.1) is 32.5 Å². The van der Waals surface area contributed by atoms with Crippen LogP contribution in [-0.2, 0) is 29.2 Å². The Morgan fingerprint density at radius 3 is 1.83 bits per heavy atom. The number of carbonyl (C=O) groups is 1. The summed E-state index contributed by atoms with van der Waals surface area (Å²) in [7, 11) is 0. The molecule has 4 aliphatic heterocycles. The topological polar surface area (TPSA) is 77.5 Å². The van der Waals surface area contributed by atoms with Crippen LogP contribution in [0.3, 0.4) is 0 Å². The van der Waals surface area contributed by atoms with Crippen LogP contribution in [0.25, 0.3) is 0 Å². The molecule has 8 heteroatoms. The Bertz CT molecular complexity index is 1390. The van der Waals surface area contributed by atoms with Gasteiger partial charge in [-0.05, 0) is 60.5 Å². The van der Waals surface area contributed by atoms with E-state index >= 15 is 0 Å². The maximum Gasteiger partial charge on any atom is 0.221 e. The van der Waals surface area contributed by atoms with Gasteiger partial charge in [-0.1, -0.05) is 101 Å². The Hall–Kier alpha value is -2.59. The molecule has 2 aliphatic carbocycles. The highest BCUT2D eigenvalue weighted by atomic mass is 16.7. The van der Waals surface area contributed by atoms with Crippen LogP contribution in [0.15, 0.2) is 85.0 Å². The van der Waals surface area contributed by atoms with E-state index in [0.717, 1.165) is 6.42 Å². The molecule has 2 spiro atoms. The number of nitrogens with zero attached hydrogens (tertiary/aromatic N) is 1. The minimum absolute atomic E-state index is 0.150. The van der Waals surface area contributed by atoms with Gasteiger partial charge in [-0.2, -0.15) is 0 Å². The third-order valence-corrected chi connectivity index (χ3v) is 11.1. The average Bonchev–Trinajstić information content (AvgIpc) is 3.87. The number of hydrogen-bond acceptors (Lipinski definition) is 7. The lowest BCUT2D eigenvalue weighted by Crippen LogP contribution is -2.43. The summed E-state index contributed by atoms with van der Waals surface area (Å²) < 4.78 is 22.1. The molecular weight excluding hydrogens is 589 g/mol. The Morgan fingerprint density at radius 1 is 0.787 bits per heavy atom. The fourth-order valence-electron chi connectivity index (χ4n) is 8.65. The van der Waals surface area contributed by atoms with Gasteiger partial charge in [0.25, 0.3) is 0 Å². The molecule has 2 aromatic carbocycles. The Labute approximate surface area is 281 Å². The second kappa shape index (κ2) is 13.4. The predicted molar refractivity (Wildman–Crippen MR) is 185 cm³/mol. The molecule has 1 N–H and O–H groups in total. The number of ether oxygens (including phenoxy) is 4. The van der Waals surface area contributed by atoms with Crippen LogP contribution in [0, 0.1) is 10.8 Å². The minimum atomic E-state index is -0.614. The van der Waals surface area contributed by atoms with Crippen LogP contribution in [0.4, 0.5) is 0 Å². The number of benzene rings is 2. The zero-order chi connectivity index (χ0) is 33.3. The van der Waals surface area contributed by atoms with Crippen LogP contribution in [-0.4, -0.2) is 79.2 Å². The van der Waals surface area contributed by atoms with Gasteiger partial charge in [-0.15, -0.1) is 0 Å². The maximum atomic E-state index is 11.5. The summed E-state index contributed by atoms with van der Waals surface area (Å²) >= 11 is 0. The quantitative estimate of drug-likeness (QED) is 0.299. The van der Waals surface area contributed by atoms with Crippen molar-refractivity contribution in [1.29, 1.82) is 0 Å². The SMILES string of the molecule is CB1CC(c2ccccc2)(c2ccccc2)[C@@H]2CCCN12.CC1(C)CC2(C=CC1=O)OCCO2.CC1(C)CC2(C=C[C@H]1O)OCCO2. The molecule has 0 unspecified atom stereocenters. The van der Waals surface area contributed by atoms with Gasteiger partial charge in [0.2, 0.25) is 6.85 Å².